The molecule has 0 spiro atoms. The van der Waals surface area contributed by atoms with Crippen LogP contribution in [0.4, 0.5) is 5.69 Å². The van der Waals surface area contributed by atoms with Gasteiger partial charge in [0.05, 0.1) is 9.83 Å². The summed E-state index contributed by atoms with van der Waals surface area (Å²) >= 11 is 12.0. The van der Waals surface area contributed by atoms with E-state index in [1.165, 1.54) is 18.2 Å². The minimum atomic E-state index is -0.678. The summed E-state index contributed by atoms with van der Waals surface area (Å²) in [5.41, 5.74) is 2.95. The molecule has 1 aliphatic heterocycles. The van der Waals surface area contributed by atoms with Gasteiger partial charge in [-0.25, -0.2) is 0 Å². The van der Waals surface area contributed by atoms with Gasteiger partial charge in [0, 0.05) is 22.7 Å². The van der Waals surface area contributed by atoms with Crippen LogP contribution in [0, 0.1) is 10.1 Å². The first-order chi connectivity index (χ1) is 12.8. The van der Waals surface area contributed by atoms with Gasteiger partial charge in [-0.15, -0.1) is 0 Å². The number of amides is 2. The molecule has 0 aromatic heterocycles. The number of halogens is 1. The number of benzene rings is 2. The minimum absolute atomic E-state index is 0.0416. The van der Waals surface area contributed by atoms with E-state index < -0.39 is 16.7 Å². The van der Waals surface area contributed by atoms with Crippen LogP contribution in [-0.4, -0.2) is 26.1 Å². The maximum atomic E-state index is 12.5. The first kappa shape index (κ1) is 19.0. The molecule has 2 aromatic rings. The van der Waals surface area contributed by atoms with Crippen LogP contribution < -0.4 is 5.43 Å². The van der Waals surface area contributed by atoms with E-state index in [0.717, 1.165) is 28.4 Å². The number of nitro benzene ring substituents is 1. The van der Waals surface area contributed by atoms with E-state index in [-0.39, 0.29) is 15.6 Å². The van der Waals surface area contributed by atoms with Crippen LogP contribution in [0.15, 0.2) is 53.4 Å². The lowest BCUT2D eigenvalue weighted by atomic mass is 10.2. The lowest BCUT2D eigenvalue weighted by Gasteiger charge is -2.15. The number of non-ortho nitro benzene ring substituents is 1. The SMILES string of the molecule is O=C(NN1C(=O)/C(=C\c2ccc(Cl)cc2)SC1=S)c1cccc([N+](=O)[O-])c1. The lowest BCUT2D eigenvalue weighted by molar-refractivity contribution is -0.384. The number of carbonyl (C=O) groups excluding carboxylic acids is 2. The molecular weight excluding hydrogens is 410 g/mol. The lowest BCUT2D eigenvalue weighted by Crippen LogP contribution is -2.44. The van der Waals surface area contributed by atoms with E-state index in [1.807, 2.05) is 0 Å². The van der Waals surface area contributed by atoms with Crippen molar-refractivity contribution in [1.82, 2.24) is 10.4 Å². The van der Waals surface area contributed by atoms with Gasteiger partial charge in [-0.2, -0.15) is 5.01 Å². The molecule has 1 heterocycles. The van der Waals surface area contributed by atoms with E-state index in [1.54, 1.807) is 30.3 Å². The van der Waals surface area contributed by atoms with Gasteiger partial charge in [0.15, 0.2) is 4.32 Å². The van der Waals surface area contributed by atoms with Crippen molar-refractivity contribution < 1.29 is 14.5 Å². The summed E-state index contributed by atoms with van der Waals surface area (Å²) in [5.74, 6) is -1.17. The molecule has 1 fully saturated rings. The highest BCUT2D eigenvalue weighted by Gasteiger charge is 2.33. The van der Waals surface area contributed by atoms with Crippen LogP contribution in [0.2, 0.25) is 5.02 Å². The highest BCUT2D eigenvalue weighted by molar-refractivity contribution is 8.26. The van der Waals surface area contributed by atoms with E-state index in [0.29, 0.717) is 9.93 Å². The Hall–Kier alpha value is -2.75. The first-order valence-electron chi connectivity index (χ1n) is 7.44. The van der Waals surface area contributed by atoms with Crippen LogP contribution >= 0.6 is 35.6 Å². The van der Waals surface area contributed by atoms with Gasteiger partial charge in [-0.1, -0.05) is 41.6 Å². The van der Waals surface area contributed by atoms with Crippen molar-refractivity contribution in [3.63, 3.8) is 0 Å². The summed E-state index contributed by atoms with van der Waals surface area (Å²) in [6.45, 7) is 0. The van der Waals surface area contributed by atoms with Crippen molar-refractivity contribution >= 4 is 63.5 Å². The molecule has 27 heavy (non-hydrogen) atoms. The molecule has 0 saturated carbocycles. The van der Waals surface area contributed by atoms with E-state index in [2.05, 4.69) is 5.43 Å². The van der Waals surface area contributed by atoms with E-state index in [4.69, 9.17) is 23.8 Å². The Morgan fingerprint density at radius 1 is 1.26 bits per heavy atom. The molecule has 0 atom stereocenters. The van der Waals surface area contributed by atoms with Crippen molar-refractivity contribution in [1.29, 1.82) is 0 Å². The second kappa shape index (κ2) is 7.87. The Balaban J connectivity index is 1.77. The zero-order valence-corrected chi connectivity index (χ0v) is 15.8. The average Bonchev–Trinajstić information content (AvgIpc) is 2.91. The van der Waals surface area contributed by atoms with Gasteiger partial charge < -0.3 is 0 Å². The fourth-order valence-corrected chi connectivity index (χ4v) is 3.51. The van der Waals surface area contributed by atoms with E-state index in [9.17, 15) is 19.7 Å². The minimum Gasteiger partial charge on any atom is -0.267 e. The maximum Gasteiger partial charge on any atom is 0.285 e. The topological polar surface area (TPSA) is 92.6 Å². The van der Waals surface area contributed by atoms with Crippen molar-refractivity contribution in [2.45, 2.75) is 0 Å². The Kier molecular flexibility index (Phi) is 5.54. The van der Waals surface area contributed by atoms with Gasteiger partial charge in [-0.05, 0) is 42.1 Å². The number of rotatable bonds is 4. The number of carbonyl (C=O) groups is 2. The Morgan fingerprint density at radius 3 is 2.63 bits per heavy atom. The van der Waals surface area contributed by atoms with Gasteiger partial charge in [-0.3, -0.25) is 25.1 Å². The maximum absolute atomic E-state index is 12.5. The Labute approximate surface area is 168 Å². The first-order valence-corrected chi connectivity index (χ1v) is 9.04. The molecule has 0 unspecified atom stereocenters. The molecule has 2 aromatic carbocycles. The number of thioether (sulfide) groups is 1. The van der Waals surface area contributed by atoms with Crippen LogP contribution in [0.3, 0.4) is 0 Å². The van der Waals surface area contributed by atoms with Crippen LogP contribution in [0.1, 0.15) is 15.9 Å². The number of nitrogens with one attached hydrogen (secondary N) is 1. The van der Waals surface area contributed by atoms with Crippen molar-refractivity contribution in [2.24, 2.45) is 0 Å². The summed E-state index contributed by atoms with van der Waals surface area (Å²) in [6, 6.07) is 12.1. The molecule has 7 nitrogen and oxygen atoms in total. The van der Waals surface area contributed by atoms with E-state index >= 15 is 0 Å². The Morgan fingerprint density at radius 2 is 1.96 bits per heavy atom. The molecule has 2 amide bonds. The second-order valence-electron chi connectivity index (χ2n) is 5.32. The van der Waals surface area contributed by atoms with Gasteiger partial charge in [0.1, 0.15) is 0 Å². The molecule has 1 N–H and O–H groups in total. The number of hydrogen-bond donors (Lipinski definition) is 1. The summed E-state index contributed by atoms with van der Waals surface area (Å²) < 4.78 is 0.152. The molecule has 0 aliphatic carbocycles. The third-order valence-corrected chi connectivity index (χ3v) is 5.05. The average molecular weight is 420 g/mol. The summed E-state index contributed by atoms with van der Waals surface area (Å²) in [7, 11) is 0. The molecule has 1 aliphatic rings. The standard InChI is InChI=1S/C17H10ClN3O4S2/c18-12-6-4-10(5-7-12)8-14-16(23)20(17(26)27-14)19-15(22)11-2-1-3-13(9-11)21(24)25/h1-9H,(H,19,22)/b14-8+. The summed E-state index contributed by atoms with van der Waals surface area (Å²) in [4.78, 5) is 35.4. The molecular formula is C17H10ClN3O4S2. The number of nitro groups is 1. The molecule has 136 valence electrons. The zero-order chi connectivity index (χ0) is 19.6. The fraction of sp³-hybridized carbons (Fsp3) is 0. The van der Waals surface area contributed by atoms with Crippen LogP contribution in [-0.2, 0) is 4.79 Å². The Bertz CT molecular complexity index is 992. The third-order valence-electron chi connectivity index (χ3n) is 3.49. The number of hydrogen-bond acceptors (Lipinski definition) is 6. The van der Waals surface area contributed by atoms with Gasteiger partial charge in [0.25, 0.3) is 17.5 Å². The fourth-order valence-electron chi connectivity index (χ4n) is 2.20. The van der Waals surface area contributed by atoms with Crippen molar-refractivity contribution in [3.05, 3.63) is 79.7 Å². The quantitative estimate of drug-likeness (QED) is 0.351. The van der Waals surface area contributed by atoms with Crippen molar-refractivity contribution in [2.75, 3.05) is 0 Å². The van der Waals surface area contributed by atoms with Crippen molar-refractivity contribution in [3.8, 4) is 0 Å². The zero-order valence-electron chi connectivity index (χ0n) is 13.4. The normalized spacial score (nSPS) is 15.3. The smallest absolute Gasteiger partial charge is 0.267 e. The van der Waals surface area contributed by atoms with Gasteiger partial charge in [0.2, 0.25) is 0 Å². The monoisotopic (exact) mass is 419 g/mol. The summed E-state index contributed by atoms with van der Waals surface area (Å²) in [6.07, 6.45) is 1.63. The molecule has 3 rings (SSSR count). The predicted molar refractivity (Wildman–Crippen MR) is 107 cm³/mol. The van der Waals surface area contributed by atoms with Crippen LogP contribution in [0.25, 0.3) is 6.08 Å². The van der Waals surface area contributed by atoms with Gasteiger partial charge >= 0.3 is 0 Å². The third kappa shape index (κ3) is 4.33. The molecule has 0 radical (unpaired) electrons. The molecule has 0 bridgehead atoms. The molecule has 10 heteroatoms. The van der Waals surface area contributed by atoms with Crippen LogP contribution in [0.5, 0.6) is 0 Å². The number of hydrazine groups is 1. The predicted octanol–water partition coefficient (Wildman–Crippen LogP) is 3.79. The second-order valence-corrected chi connectivity index (χ2v) is 7.43. The summed E-state index contributed by atoms with van der Waals surface area (Å²) in [5, 5.41) is 12.4. The highest BCUT2D eigenvalue weighted by Crippen LogP contribution is 2.31. The number of thiocarbonyl (C=S) groups is 1. The highest BCUT2D eigenvalue weighted by atomic mass is 35.5. The number of nitrogens with zero attached hydrogens (tertiary/aromatic N) is 2. The largest absolute Gasteiger partial charge is 0.285 e. The molecule has 1 saturated heterocycles.